The minimum Gasteiger partial charge on any atom is -0.373 e. The molecule has 0 aliphatic heterocycles. The van der Waals surface area contributed by atoms with Crippen molar-refractivity contribution in [2.75, 3.05) is 0 Å². The second-order valence-corrected chi connectivity index (χ2v) is 2.09. The third-order valence-corrected chi connectivity index (χ3v) is 1.28. The minimum absolute atomic E-state index is 0.344. The average Bonchev–Trinajstić information content (AvgIpc) is 2.37. The highest BCUT2D eigenvalue weighted by Gasteiger charge is 2.07. The Morgan fingerprint density at radius 1 is 1.78 bits per heavy atom. The van der Waals surface area contributed by atoms with Crippen molar-refractivity contribution >= 4 is 12.0 Å². The smallest absolute Gasteiger partial charge is 0.183 e. The van der Waals surface area contributed by atoms with Crippen LogP contribution in [0.2, 0.25) is 0 Å². The molecule has 0 aliphatic rings. The number of nitrogens with one attached hydrogen (secondary N) is 1. The van der Waals surface area contributed by atoms with Gasteiger partial charge in [-0.2, -0.15) is 0 Å². The normalized spacial score (nSPS) is 13.6. The van der Waals surface area contributed by atoms with Crippen LogP contribution in [0.25, 0.3) is 0 Å². The monoisotopic (exact) mass is 146 g/mol. The molecule has 9 heavy (non-hydrogen) atoms. The van der Waals surface area contributed by atoms with Gasteiger partial charge in [0.1, 0.15) is 5.82 Å². The molecule has 0 aliphatic carbocycles. The molecule has 1 aromatic rings. The average molecular weight is 146 g/mol. The molecule has 0 spiro atoms. The van der Waals surface area contributed by atoms with Gasteiger partial charge in [-0.1, -0.05) is 0 Å². The van der Waals surface area contributed by atoms with Crippen LogP contribution in [-0.2, 0) is 0 Å². The molecule has 50 valence electrons. The quantitative estimate of drug-likeness (QED) is 0.422. The minimum atomic E-state index is -0.958. The summed E-state index contributed by atoms with van der Waals surface area (Å²) < 4.78 is 8.31. The summed E-state index contributed by atoms with van der Waals surface area (Å²) in [6, 6.07) is 0. The van der Waals surface area contributed by atoms with Crippen molar-refractivity contribution in [2.45, 2.75) is 5.44 Å². The van der Waals surface area contributed by atoms with Crippen LogP contribution < -0.4 is 0 Å². The van der Waals surface area contributed by atoms with Gasteiger partial charge in [-0.15, -0.1) is 0 Å². The summed E-state index contributed by atoms with van der Waals surface area (Å²) in [6.07, 6.45) is 3.09. The molecule has 1 rings (SSSR count). The van der Waals surface area contributed by atoms with E-state index in [1.807, 2.05) is 0 Å². The lowest BCUT2D eigenvalue weighted by Gasteiger charge is -1.98. The summed E-state index contributed by atoms with van der Waals surface area (Å²) in [6.45, 7) is 0. The van der Waals surface area contributed by atoms with E-state index in [2.05, 4.69) is 9.97 Å². The molecule has 1 aromatic heterocycles. The first-order valence-electron chi connectivity index (χ1n) is 2.32. The van der Waals surface area contributed by atoms with Crippen molar-refractivity contribution < 1.29 is 9.66 Å². The first-order valence-corrected chi connectivity index (χ1v) is 3.16. The standard InChI is InChI=1S/C4H6N2O2S/c7-4(9-8)3-5-1-2-6-3/h1-2,4,7-8H,(H,5,6). The maximum absolute atomic E-state index is 8.84. The van der Waals surface area contributed by atoms with Crippen molar-refractivity contribution in [1.82, 2.24) is 9.97 Å². The van der Waals surface area contributed by atoms with Crippen LogP contribution in [0.4, 0.5) is 0 Å². The molecule has 5 heteroatoms. The Kier molecular flexibility index (Phi) is 2.10. The second kappa shape index (κ2) is 2.86. The lowest BCUT2D eigenvalue weighted by atomic mass is 10.7. The highest BCUT2D eigenvalue weighted by Crippen LogP contribution is 2.17. The zero-order valence-corrected chi connectivity index (χ0v) is 5.30. The van der Waals surface area contributed by atoms with E-state index >= 15 is 0 Å². The largest absolute Gasteiger partial charge is 0.373 e. The van der Waals surface area contributed by atoms with Crippen molar-refractivity contribution in [2.24, 2.45) is 0 Å². The summed E-state index contributed by atoms with van der Waals surface area (Å²) in [4.78, 5) is 6.35. The van der Waals surface area contributed by atoms with Gasteiger partial charge in [0.25, 0.3) is 0 Å². The Morgan fingerprint density at radius 2 is 2.56 bits per heavy atom. The fraction of sp³-hybridized carbons (Fsp3) is 0.250. The van der Waals surface area contributed by atoms with Crippen LogP contribution in [0.3, 0.4) is 0 Å². The van der Waals surface area contributed by atoms with E-state index in [1.165, 1.54) is 6.20 Å². The van der Waals surface area contributed by atoms with E-state index in [9.17, 15) is 0 Å². The Balaban J connectivity index is 2.65. The molecular formula is C4H6N2O2S. The summed E-state index contributed by atoms with van der Waals surface area (Å²) in [5, 5.41) is 8.84. The highest BCUT2D eigenvalue weighted by molar-refractivity contribution is 7.93. The third kappa shape index (κ3) is 1.44. The molecule has 0 fully saturated rings. The molecule has 0 amide bonds. The maximum Gasteiger partial charge on any atom is 0.183 e. The topological polar surface area (TPSA) is 69.1 Å². The Hall–Kier alpha value is -0.520. The Bertz CT molecular complexity index is 165. The Labute approximate surface area is 56.1 Å². The number of aliphatic hydroxyl groups excluding tert-OH is 1. The number of hydrogen-bond donors (Lipinski definition) is 3. The molecule has 3 N–H and O–H groups in total. The molecule has 1 heterocycles. The molecule has 1 atom stereocenters. The van der Waals surface area contributed by atoms with Crippen LogP contribution in [-0.4, -0.2) is 19.6 Å². The van der Waals surface area contributed by atoms with Crippen molar-refractivity contribution in [3.63, 3.8) is 0 Å². The summed E-state index contributed by atoms with van der Waals surface area (Å²) in [5.41, 5.74) is -0.958. The Morgan fingerprint density at radius 3 is 3.00 bits per heavy atom. The second-order valence-electron chi connectivity index (χ2n) is 1.43. The number of H-pyrrole nitrogens is 1. The molecule has 0 bridgehead atoms. The van der Waals surface area contributed by atoms with Crippen LogP contribution in [0.15, 0.2) is 12.4 Å². The van der Waals surface area contributed by atoms with Gasteiger partial charge in [0, 0.05) is 24.4 Å². The van der Waals surface area contributed by atoms with Gasteiger partial charge in [0.2, 0.25) is 0 Å². The van der Waals surface area contributed by atoms with Gasteiger partial charge >= 0.3 is 0 Å². The molecule has 0 saturated carbocycles. The van der Waals surface area contributed by atoms with E-state index in [-0.39, 0.29) is 0 Å². The fourth-order valence-corrected chi connectivity index (χ4v) is 0.691. The van der Waals surface area contributed by atoms with Gasteiger partial charge in [-0.05, 0) is 0 Å². The van der Waals surface area contributed by atoms with Crippen LogP contribution in [0, 0.1) is 0 Å². The van der Waals surface area contributed by atoms with Crippen LogP contribution >= 0.6 is 12.0 Å². The molecular weight excluding hydrogens is 140 g/mol. The van der Waals surface area contributed by atoms with Gasteiger partial charge in [0.05, 0.1) is 0 Å². The van der Waals surface area contributed by atoms with E-state index in [4.69, 9.17) is 9.66 Å². The third-order valence-electron chi connectivity index (χ3n) is 0.853. The molecule has 0 saturated heterocycles. The number of aliphatic hydroxyl groups is 1. The molecule has 0 radical (unpaired) electrons. The highest BCUT2D eigenvalue weighted by atomic mass is 32.2. The lowest BCUT2D eigenvalue weighted by molar-refractivity contribution is 0.253. The van der Waals surface area contributed by atoms with E-state index in [0.29, 0.717) is 17.9 Å². The lowest BCUT2D eigenvalue weighted by Crippen LogP contribution is -1.92. The van der Waals surface area contributed by atoms with E-state index < -0.39 is 5.44 Å². The first kappa shape index (κ1) is 6.60. The summed E-state index contributed by atoms with van der Waals surface area (Å²) in [5.74, 6) is 0.363. The number of aromatic amines is 1. The number of nitrogens with zero attached hydrogens (tertiary/aromatic N) is 1. The van der Waals surface area contributed by atoms with E-state index in [0.717, 1.165) is 0 Å². The summed E-state index contributed by atoms with van der Waals surface area (Å²) in [7, 11) is 0. The zero-order chi connectivity index (χ0) is 6.69. The number of hydrogen-bond acceptors (Lipinski definition) is 4. The summed E-state index contributed by atoms with van der Waals surface area (Å²) >= 11 is 0.344. The number of imidazole rings is 1. The fourth-order valence-electron chi connectivity index (χ4n) is 0.462. The predicted octanol–water partition coefficient (Wildman–Crippen LogP) is 0.607. The SMILES string of the molecule is OSC(O)c1ncc[nH]1. The number of rotatable bonds is 2. The predicted molar refractivity (Wildman–Crippen MR) is 33.8 cm³/mol. The van der Waals surface area contributed by atoms with E-state index in [1.54, 1.807) is 6.20 Å². The van der Waals surface area contributed by atoms with Crippen LogP contribution in [0.1, 0.15) is 11.3 Å². The zero-order valence-electron chi connectivity index (χ0n) is 4.48. The van der Waals surface area contributed by atoms with Gasteiger partial charge in [-0.3, -0.25) is 0 Å². The van der Waals surface area contributed by atoms with Crippen LogP contribution in [0.5, 0.6) is 0 Å². The van der Waals surface area contributed by atoms with Crippen molar-refractivity contribution in [3.05, 3.63) is 18.2 Å². The van der Waals surface area contributed by atoms with Gasteiger partial charge in [0.15, 0.2) is 5.44 Å². The van der Waals surface area contributed by atoms with Crippen molar-refractivity contribution in [1.29, 1.82) is 0 Å². The van der Waals surface area contributed by atoms with Gasteiger partial charge < -0.3 is 14.6 Å². The first-order chi connectivity index (χ1) is 4.34. The molecule has 0 aromatic carbocycles. The maximum atomic E-state index is 8.84. The van der Waals surface area contributed by atoms with Crippen molar-refractivity contribution in [3.8, 4) is 0 Å². The number of aromatic nitrogens is 2. The molecule has 4 nitrogen and oxygen atoms in total. The van der Waals surface area contributed by atoms with Gasteiger partial charge in [-0.25, -0.2) is 4.98 Å². The molecule has 1 unspecified atom stereocenters.